The zero-order valence-electron chi connectivity index (χ0n) is 19.8. The van der Waals surface area contributed by atoms with E-state index >= 15 is 0 Å². The summed E-state index contributed by atoms with van der Waals surface area (Å²) in [5.41, 5.74) is 0. The first-order valence-electron chi connectivity index (χ1n) is 12.3. The second-order valence-electron chi connectivity index (χ2n) is 9.38. The summed E-state index contributed by atoms with van der Waals surface area (Å²) in [5, 5.41) is 6.94. The minimum absolute atomic E-state index is 0. The van der Waals surface area contributed by atoms with Crippen LogP contribution in [0.2, 0.25) is 0 Å². The van der Waals surface area contributed by atoms with Gasteiger partial charge < -0.3 is 20.3 Å². The number of ether oxygens (including phenoxy) is 1. The molecular weight excluding hydrogens is 505 g/mol. The Balaban J connectivity index is 0.00000341. The quantitative estimate of drug-likeness (QED) is 0.221. The fourth-order valence-corrected chi connectivity index (χ4v) is 5.15. The van der Waals surface area contributed by atoms with Crippen molar-refractivity contribution in [3.63, 3.8) is 0 Å². The molecule has 2 N–H and O–H groups in total. The van der Waals surface area contributed by atoms with Gasteiger partial charge in [0.25, 0.3) is 0 Å². The van der Waals surface area contributed by atoms with Gasteiger partial charge in [0.05, 0.1) is 12.2 Å². The van der Waals surface area contributed by atoms with E-state index in [2.05, 4.69) is 41.2 Å². The van der Waals surface area contributed by atoms with Gasteiger partial charge in [0.15, 0.2) is 5.96 Å². The normalized spacial score (nSPS) is 28.3. The predicted octanol–water partition coefficient (Wildman–Crippen LogP) is 2.84. The lowest BCUT2D eigenvalue weighted by Gasteiger charge is -2.35. The van der Waals surface area contributed by atoms with Gasteiger partial charge in [-0.1, -0.05) is 19.3 Å². The van der Waals surface area contributed by atoms with Crippen LogP contribution in [0.15, 0.2) is 4.99 Å². The molecule has 2 heterocycles. The van der Waals surface area contributed by atoms with Gasteiger partial charge in [-0.25, -0.2) is 0 Å². The second kappa shape index (κ2) is 13.8. The predicted molar refractivity (Wildman–Crippen MR) is 137 cm³/mol. The third-order valence-corrected chi connectivity index (χ3v) is 6.54. The first-order chi connectivity index (χ1) is 14.5. The molecule has 180 valence electrons. The molecule has 3 unspecified atom stereocenters. The Morgan fingerprint density at radius 1 is 1.06 bits per heavy atom. The molecule has 3 aliphatic rings. The molecule has 0 aromatic rings. The Morgan fingerprint density at radius 2 is 1.77 bits per heavy atom. The molecule has 31 heavy (non-hydrogen) atoms. The lowest BCUT2D eigenvalue weighted by Crippen LogP contribution is -2.46. The van der Waals surface area contributed by atoms with Gasteiger partial charge in [-0.05, 0) is 46.5 Å². The van der Waals surface area contributed by atoms with Crippen LogP contribution in [0, 0.1) is 5.92 Å². The largest absolute Gasteiger partial charge is 0.373 e. The number of likely N-dealkylation sites (tertiary alicyclic amines) is 1. The van der Waals surface area contributed by atoms with Crippen LogP contribution in [0.5, 0.6) is 0 Å². The molecule has 0 spiro atoms. The van der Waals surface area contributed by atoms with Gasteiger partial charge in [-0.2, -0.15) is 0 Å². The van der Waals surface area contributed by atoms with Gasteiger partial charge in [-0.3, -0.25) is 14.7 Å². The van der Waals surface area contributed by atoms with E-state index in [0.29, 0.717) is 24.2 Å². The van der Waals surface area contributed by atoms with Crippen molar-refractivity contribution in [1.82, 2.24) is 20.4 Å². The summed E-state index contributed by atoms with van der Waals surface area (Å²) in [5.74, 6) is 1.54. The number of guanidine groups is 1. The van der Waals surface area contributed by atoms with Crippen LogP contribution in [0.1, 0.15) is 65.7 Å². The van der Waals surface area contributed by atoms with E-state index in [0.717, 1.165) is 77.5 Å². The number of hydrogen-bond acceptors (Lipinski definition) is 4. The molecule has 3 fully saturated rings. The summed E-state index contributed by atoms with van der Waals surface area (Å²) in [6.07, 6.45) is 8.57. The number of nitrogens with one attached hydrogen (secondary N) is 2. The first-order valence-corrected chi connectivity index (χ1v) is 12.3. The Bertz CT molecular complexity index is 560. The molecule has 1 amide bonds. The molecule has 1 saturated carbocycles. The second-order valence-corrected chi connectivity index (χ2v) is 9.38. The summed E-state index contributed by atoms with van der Waals surface area (Å²) >= 11 is 0. The summed E-state index contributed by atoms with van der Waals surface area (Å²) < 4.78 is 5.81. The van der Waals surface area contributed by atoms with E-state index in [1.165, 1.54) is 19.3 Å². The van der Waals surface area contributed by atoms with Crippen LogP contribution >= 0.6 is 24.0 Å². The van der Waals surface area contributed by atoms with E-state index in [4.69, 9.17) is 9.73 Å². The molecule has 3 atom stereocenters. The van der Waals surface area contributed by atoms with Gasteiger partial charge in [0, 0.05) is 57.8 Å². The van der Waals surface area contributed by atoms with Crippen LogP contribution in [-0.4, -0.2) is 85.7 Å². The number of hydrogen-bond donors (Lipinski definition) is 2. The maximum absolute atomic E-state index is 12.8. The molecular formula is C23H44IN5O2. The fraction of sp³-hybridized carbons (Fsp3) is 0.913. The van der Waals surface area contributed by atoms with Crippen molar-refractivity contribution in [1.29, 1.82) is 0 Å². The van der Waals surface area contributed by atoms with Crippen LogP contribution < -0.4 is 10.6 Å². The molecule has 0 aromatic heterocycles. The van der Waals surface area contributed by atoms with Crippen molar-refractivity contribution < 1.29 is 9.53 Å². The zero-order valence-corrected chi connectivity index (χ0v) is 22.1. The van der Waals surface area contributed by atoms with Crippen molar-refractivity contribution in [3.05, 3.63) is 0 Å². The van der Waals surface area contributed by atoms with E-state index in [1.807, 2.05) is 0 Å². The number of morpholine rings is 1. The highest BCUT2D eigenvalue weighted by molar-refractivity contribution is 14.0. The lowest BCUT2D eigenvalue weighted by molar-refractivity contribution is -0.135. The third kappa shape index (κ3) is 8.68. The number of halogens is 1. The molecule has 1 aliphatic carbocycles. The number of amides is 1. The van der Waals surface area contributed by atoms with Gasteiger partial charge in [0.1, 0.15) is 0 Å². The van der Waals surface area contributed by atoms with Gasteiger partial charge in [-0.15, -0.1) is 24.0 Å². The minimum Gasteiger partial charge on any atom is -0.373 e. The molecule has 2 saturated heterocycles. The molecule has 0 aromatic carbocycles. The molecule has 8 heteroatoms. The SMILES string of the molecule is CCNC(=NCCCN1CC(C)OC(C)C1)NC1CCN(C(=O)C2CCCCC2)C1.I. The number of nitrogens with zero attached hydrogens (tertiary/aromatic N) is 3. The molecule has 3 rings (SSSR count). The van der Waals surface area contributed by atoms with Crippen molar-refractivity contribution in [3.8, 4) is 0 Å². The van der Waals surface area contributed by atoms with E-state index in [9.17, 15) is 4.79 Å². The summed E-state index contributed by atoms with van der Waals surface area (Å²) in [6.45, 7) is 12.8. The summed E-state index contributed by atoms with van der Waals surface area (Å²) in [6, 6.07) is 0.302. The van der Waals surface area contributed by atoms with Crippen molar-refractivity contribution in [2.45, 2.75) is 84.0 Å². The van der Waals surface area contributed by atoms with E-state index in [-0.39, 0.29) is 29.9 Å². The Labute approximate surface area is 206 Å². The zero-order chi connectivity index (χ0) is 21.3. The van der Waals surface area contributed by atoms with E-state index < -0.39 is 0 Å². The average Bonchev–Trinajstić information content (AvgIpc) is 3.19. The highest BCUT2D eigenvalue weighted by atomic mass is 127. The van der Waals surface area contributed by atoms with Crippen molar-refractivity contribution in [2.24, 2.45) is 10.9 Å². The number of carbonyl (C=O) groups excluding carboxylic acids is 1. The monoisotopic (exact) mass is 549 g/mol. The summed E-state index contributed by atoms with van der Waals surface area (Å²) in [4.78, 5) is 22.2. The number of carbonyl (C=O) groups is 1. The third-order valence-electron chi connectivity index (χ3n) is 6.54. The Hall–Kier alpha value is -0.610. The smallest absolute Gasteiger partial charge is 0.225 e. The molecule has 0 radical (unpaired) electrons. The number of rotatable bonds is 7. The lowest BCUT2D eigenvalue weighted by atomic mass is 9.88. The maximum Gasteiger partial charge on any atom is 0.225 e. The highest BCUT2D eigenvalue weighted by Gasteiger charge is 2.31. The van der Waals surface area contributed by atoms with Gasteiger partial charge in [0.2, 0.25) is 5.91 Å². The standard InChI is InChI=1S/C23H43N5O2.HI/c1-4-24-23(25-12-8-13-27-15-18(2)30-19(3)16-27)26-21-11-14-28(17-21)22(29)20-9-6-5-7-10-20;/h18-21H,4-17H2,1-3H3,(H2,24,25,26);1H. The first kappa shape index (κ1) is 26.6. The Morgan fingerprint density at radius 3 is 2.45 bits per heavy atom. The minimum atomic E-state index is 0. The highest BCUT2D eigenvalue weighted by Crippen LogP contribution is 2.26. The molecule has 7 nitrogen and oxygen atoms in total. The average molecular weight is 550 g/mol. The molecule has 0 bridgehead atoms. The maximum atomic E-state index is 12.8. The molecule has 2 aliphatic heterocycles. The number of aliphatic imine (C=N–C) groups is 1. The van der Waals surface area contributed by atoms with Crippen LogP contribution in [0.25, 0.3) is 0 Å². The summed E-state index contributed by atoms with van der Waals surface area (Å²) in [7, 11) is 0. The van der Waals surface area contributed by atoms with Crippen LogP contribution in [-0.2, 0) is 9.53 Å². The van der Waals surface area contributed by atoms with Crippen molar-refractivity contribution in [2.75, 3.05) is 45.8 Å². The van der Waals surface area contributed by atoms with E-state index in [1.54, 1.807) is 0 Å². The van der Waals surface area contributed by atoms with Gasteiger partial charge >= 0.3 is 0 Å². The Kier molecular flexibility index (Phi) is 11.9. The van der Waals surface area contributed by atoms with Crippen LogP contribution in [0.3, 0.4) is 0 Å². The topological polar surface area (TPSA) is 69.2 Å². The van der Waals surface area contributed by atoms with Crippen LogP contribution in [0.4, 0.5) is 0 Å². The fourth-order valence-electron chi connectivity index (χ4n) is 5.15. The van der Waals surface area contributed by atoms with Crippen molar-refractivity contribution >= 4 is 35.8 Å².